The van der Waals surface area contributed by atoms with Crippen LogP contribution in [0.15, 0.2) is 77.8 Å². The zero-order chi connectivity index (χ0) is 16.8. The maximum Gasteiger partial charge on any atom is 0.256 e. The van der Waals surface area contributed by atoms with E-state index >= 15 is 0 Å². The third-order valence-electron chi connectivity index (χ3n) is 3.36. The predicted molar refractivity (Wildman–Crippen MR) is 99.6 cm³/mol. The summed E-state index contributed by atoms with van der Waals surface area (Å²) in [6.07, 6.45) is 1.55. The summed E-state index contributed by atoms with van der Waals surface area (Å²) in [6, 6.07) is 21.1. The molecule has 3 nitrogen and oxygen atoms in total. The van der Waals surface area contributed by atoms with Gasteiger partial charge in [0.1, 0.15) is 5.15 Å². The Morgan fingerprint density at radius 1 is 1.00 bits per heavy atom. The van der Waals surface area contributed by atoms with E-state index in [1.807, 2.05) is 60.7 Å². The molecule has 0 fully saturated rings. The lowest BCUT2D eigenvalue weighted by atomic mass is 10.2. The third-order valence-corrected chi connectivity index (χ3v) is 4.94. The quantitative estimate of drug-likeness (QED) is 0.500. The number of nitrogens with one attached hydrogen (secondary N) is 1. The molecule has 3 aromatic rings. The fourth-order valence-corrected chi connectivity index (χ4v) is 3.50. The molecule has 0 aliphatic heterocycles. The maximum atomic E-state index is 12.6. The van der Waals surface area contributed by atoms with Crippen LogP contribution in [-0.4, -0.2) is 10.9 Å². The molecule has 1 heterocycles. The summed E-state index contributed by atoms with van der Waals surface area (Å²) in [5.74, 6) is 0.527. The molecule has 0 saturated heterocycles. The number of amides is 1. The molecular weight excluding hydrogens is 340 g/mol. The lowest BCUT2D eigenvalue weighted by Crippen LogP contribution is -2.13. The number of hydrogen-bond acceptors (Lipinski definition) is 3. The van der Waals surface area contributed by atoms with Gasteiger partial charge in [-0.2, -0.15) is 0 Å². The molecule has 0 atom stereocenters. The van der Waals surface area contributed by atoms with Crippen LogP contribution in [0.5, 0.6) is 0 Å². The second-order valence-electron chi connectivity index (χ2n) is 5.07. The molecule has 1 aromatic heterocycles. The van der Waals surface area contributed by atoms with Gasteiger partial charge in [-0.05, 0) is 23.8 Å². The van der Waals surface area contributed by atoms with E-state index < -0.39 is 0 Å². The number of carbonyl (C=O) groups is 1. The summed E-state index contributed by atoms with van der Waals surface area (Å²) in [5, 5.41) is 3.23. The van der Waals surface area contributed by atoms with Crippen LogP contribution in [0.1, 0.15) is 15.9 Å². The lowest BCUT2D eigenvalue weighted by molar-refractivity contribution is 0.102. The van der Waals surface area contributed by atoms with Crippen LogP contribution in [0.4, 0.5) is 5.69 Å². The molecule has 5 heteroatoms. The maximum absolute atomic E-state index is 12.6. The number of para-hydroxylation sites is 1. The van der Waals surface area contributed by atoms with Gasteiger partial charge in [-0.3, -0.25) is 4.79 Å². The molecular formula is C19H15ClN2OS. The highest BCUT2D eigenvalue weighted by Crippen LogP contribution is 2.32. The normalized spacial score (nSPS) is 10.4. The highest BCUT2D eigenvalue weighted by molar-refractivity contribution is 7.98. The molecule has 24 heavy (non-hydrogen) atoms. The monoisotopic (exact) mass is 354 g/mol. The van der Waals surface area contributed by atoms with Crippen molar-refractivity contribution in [2.45, 2.75) is 10.6 Å². The van der Waals surface area contributed by atoms with Gasteiger partial charge in [0, 0.05) is 17.6 Å². The van der Waals surface area contributed by atoms with Crippen LogP contribution in [0.25, 0.3) is 0 Å². The van der Waals surface area contributed by atoms with Crippen molar-refractivity contribution < 1.29 is 4.79 Å². The average molecular weight is 355 g/mol. The fourth-order valence-electron chi connectivity index (χ4n) is 2.19. The van der Waals surface area contributed by atoms with Gasteiger partial charge in [0.25, 0.3) is 5.91 Å². The van der Waals surface area contributed by atoms with Gasteiger partial charge in [0.2, 0.25) is 0 Å². The van der Waals surface area contributed by atoms with Crippen molar-refractivity contribution in [3.05, 3.63) is 89.2 Å². The Hall–Kier alpha value is -2.30. The van der Waals surface area contributed by atoms with E-state index in [2.05, 4.69) is 10.3 Å². The molecule has 0 spiro atoms. The number of halogens is 1. The van der Waals surface area contributed by atoms with Gasteiger partial charge in [0.15, 0.2) is 0 Å². The number of thioether (sulfide) groups is 1. The Balaban J connectivity index is 1.80. The number of carbonyl (C=O) groups excluding carboxylic acids is 1. The Morgan fingerprint density at radius 2 is 1.67 bits per heavy atom. The number of hydrogen-bond donors (Lipinski definition) is 1. The van der Waals surface area contributed by atoms with Gasteiger partial charge < -0.3 is 5.32 Å². The van der Waals surface area contributed by atoms with Gasteiger partial charge in [-0.15, -0.1) is 11.8 Å². The summed E-state index contributed by atoms with van der Waals surface area (Å²) in [5.41, 5.74) is 2.44. The molecule has 1 N–H and O–H groups in total. The van der Waals surface area contributed by atoms with Gasteiger partial charge in [-0.25, -0.2) is 4.98 Å². The van der Waals surface area contributed by atoms with E-state index in [4.69, 9.17) is 11.6 Å². The highest BCUT2D eigenvalue weighted by Gasteiger charge is 2.16. The predicted octanol–water partition coefficient (Wildman–Crippen LogP) is 5.28. The Morgan fingerprint density at radius 3 is 2.38 bits per heavy atom. The minimum Gasteiger partial charge on any atom is -0.322 e. The van der Waals surface area contributed by atoms with Crippen LogP contribution in [0, 0.1) is 0 Å². The lowest BCUT2D eigenvalue weighted by Gasteiger charge is -2.11. The molecule has 120 valence electrons. The third kappa shape index (κ3) is 4.16. The summed E-state index contributed by atoms with van der Waals surface area (Å²) in [6.45, 7) is 0. The number of benzene rings is 2. The van der Waals surface area contributed by atoms with Crippen LogP contribution in [-0.2, 0) is 5.75 Å². The second kappa shape index (κ2) is 7.99. The second-order valence-corrected chi connectivity index (χ2v) is 6.42. The van der Waals surface area contributed by atoms with Crippen LogP contribution >= 0.6 is 23.4 Å². The van der Waals surface area contributed by atoms with E-state index in [9.17, 15) is 4.79 Å². The van der Waals surface area contributed by atoms with Crippen LogP contribution < -0.4 is 5.32 Å². The van der Waals surface area contributed by atoms with E-state index in [1.165, 1.54) is 11.8 Å². The van der Waals surface area contributed by atoms with Gasteiger partial charge in [-0.1, -0.05) is 60.1 Å². The molecule has 2 aromatic carbocycles. The van der Waals surface area contributed by atoms with E-state index in [-0.39, 0.29) is 5.91 Å². The first-order valence-electron chi connectivity index (χ1n) is 7.41. The molecule has 0 saturated carbocycles. The van der Waals surface area contributed by atoms with Crippen molar-refractivity contribution in [1.29, 1.82) is 0 Å². The molecule has 0 unspecified atom stereocenters. The SMILES string of the molecule is O=C(Nc1ccccc1)c1ccnc(Cl)c1SCc1ccccc1. The standard InChI is InChI=1S/C19H15ClN2OS/c20-18-17(24-13-14-7-3-1-4-8-14)16(11-12-21-18)19(23)22-15-9-5-2-6-10-15/h1-12H,13H2,(H,22,23). The van der Waals surface area contributed by atoms with E-state index in [1.54, 1.807) is 12.3 Å². The summed E-state index contributed by atoms with van der Waals surface area (Å²) >= 11 is 7.74. The van der Waals surface area contributed by atoms with Crippen molar-refractivity contribution in [3.8, 4) is 0 Å². The molecule has 0 bridgehead atoms. The number of rotatable bonds is 5. The Labute approximate surface area is 150 Å². The topological polar surface area (TPSA) is 42.0 Å². The molecule has 3 rings (SSSR count). The van der Waals surface area contributed by atoms with Crippen molar-refractivity contribution in [1.82, 2.24) is 4.98 Å². The average Bonchev–Trinajstić information content (AvgIpc) is 2.62. The first-order valence-corrected chi connectivity index (χ1v) is 8.78. The summed E-state index contributed by atoms with van der Waals surface area (Å²) in [4.78, 5) is 17.4. The molecule has 0 aliphatic carbocycles. The highest BCUT2D eigenvalue weighted by atomic mass is 35.5. The molecule has 0 radical (unpaired) electrons. The first-order chi connectivity index (χ1) is 11.7. The Bertz CT molecular complexity index is 825. The Kier molecular flexibility index (Phi) is 5.51. The fraction of sp³-hybridized carbons (Fsp3) is 0.0526. The number of aromatic nitrogens is 1. The largest absolute Gasteiger partial charge is 0.322 e. The molecule has 0 aliphatic rings. The van der Waals surface area contributed by atoms with Crippen LogP contribution in [0.2, 0.25) is 5.15 Å². The first kappa shape index (κ1) is 16.6. The van der Waals surface area contributed by atoms with Crippen molar-refractivity contribution in [2.24, 2.45) is 0 Å². The number of nitrogens with zero attached hydrogens (tertiary/aromatic N) is 1. The minimum atomic E-state index is -0.193. The summed E-state index contributed by atoms with van der Waals surface area (Å²) < 4.78 is 0. The van der Waals surface area contributed by atoms with Gasteiger partial charge >= 0.3 is 0 Å². The minimum absolute atomic E-state index is 0.193. The molecule has 1 amide bonds. The number of anilines is 1. The van der Waals surface area contributed by atoms with Crippen molar-refractivity contribution in [3.63, 3.8) is 0 Å². The zero-order valence-electron chi connectivity index (χ0n) is 12.8. The number of pyridine rings is 1. The zero-order valence-corrected chi connectivity index (χ0v) is 14.3. The van der Waals surface area contributed by atoms with Crippen molar-refractivity contribution >= 4 is 35.0 Å². The summed E-state index contributed by atoms with van der Waals surface area (Å²) in [7, 11) is 0. The smallest absolute Gasteiger partial charge is 0.256 e. The van der Waals surface area contributed by atoms with E-state index in [0.717, 1.165) is 17.0 Å². The van der Waals surface area contributed by atoms with Gasteiger partial charge in [0.05, 0.1) is 10.5 Å². The van der Waals surface area contributed by atoms with Crippen LogP contribution in [0.3, 0.4) is 0 Å². The van der Waals surface area contributed by atoms with E-state index in [0.29, 0.717) is 15.6 Å². The van der Waals surface area contributed by atoms with Crippen molar-refractivity contribution in [2.75, 3.05) is 5.32 Å².